The van der Waals surface area contributed by atoms with Gasteiger partial charge in [-0.3, -0.25) is 0 Å². The van der Waals surface area contributed by atoms with Gasteiger partial charge in [0, 0.05) is 17.3 Å². The number of hydrogen-bond donors (Lipinski definition) is 0. The maximum absolute atomic E-state index is 5.87. The quantitative estimate of drug-likeness (QED) is 0.736. The van der Waals surface area contributed by atoms with Crippen LogP contribution in [0.2, 0.25) is 0 Å². The third-order valence-corrected chi connectivity index (χ3v) is 4.38. The largest absolute Gasteiger partial charge is 0.431 e. The molecule has 0 spiro atoms. The van der Waals surface area contributed by atoms with Gasteiger partial charge in [0.15, 0.2) is 5.58 Å². The lowest BCUT2D eigenvalue weighted by Gasteiger charge is -2.25. The van der Waals surface area contributed by atoms with Crippen molar-refractivity contribution >= 4 is 22.9 Å². The lowest BCUT2D eigenvalue weighted by atomic mass is 10.2. The summed E-state index contributed by atoms with van der Waals surface area (Å²) in [6.07, 6.45) is 0. The summed E-state index contributed by atoms with van der Waals surface area (Å²) in [6, 6.07) is 17.6. The summed E-state index contributed by atoms with van der Waals surface area (Å²) in [5, 5.41) is -0.329. The highest BCUT2D eigenvalue weighted by molar-refractivity contribution is 7.99. The molecule has 0 unspecified atom stereocenters. The summed E-state index contributed by atoms with van der Waals surface area (Å²) < 4.78 is 17.5. The van der Waals surface area contributed by atoms with E-state index in [-0.39, 0.29) is 0 Å². The molecule has 2 heterocycles. The smallest absolute Gasteiger partial charge is 0.262 e. The summed E-state index contributed by atoms with van der Waals surface area (Å²) in [5.41, 5.74) is 2.55. The van der Waals surface area contributed by atoms with E-state index in [0.29, 0.717) is 18.4 Å². The first-order valence-corrected chi connectivity index (χ1v) is 7.55. The molecule has 0 saturated carbocycles. The van der Waals surface area contributed by atoms with Crippen molar-refractivity contribution in [2.24, 2.45) is 0 Å². The van der Waals surface area contributed by atoms with Crippen molar-refractivity contribution in [1.82, 2.24) is 4.98 Å². The van der Waals surface area contributed by atoms with Crippen LogP contribution in [0.5, 0.6) is 0 Å². The van der Waals surface area contributed by atoms with E-state index in [4.69, 9.17) is 13.9 Å². The number of fused-ring (bicyclic) bond motifs is 1. The van der Waals surface area contributed by atoms with E-state index in [2.05, 4.69) is 4.98 Å². The Bertz CT molecular complexity index is 717. The average molecular weight is 299 g/mol. The molecule has 21 heavy (non-hydrogen) atoms. The van der Waals surface area contributed by atoms with E-state index < -0.39 is 5.12 Å². The molecule has 0 N–H and O–H groups in total. The van der Waals surface area contributed by atoms with Gasteiger partial charge in [-0.1, -0.05) is 42.5 Å². The van der Waals surface area contributed by atoms with Crippen LogP contribution in [0.3, 0.4) is 0 Å². The van der Waals surface area contributed by atoms with E-state index in [1.165, 1.54) is 11.8 Å². The summed E-state index contributed by atoms with van der Waals surface area (Å²) in [5.74, 6) is 0. The van der Waals surface area contributed by atoms with Crippen molar-refractivity contribution in [1.29, 1.82) is 0 Å². The second kappa shape index (κ2) is 5.18. The van der Waals surface area contributed by atoms with Crippen LogP contribution in [0.15, 0.2) is 64.2 Å². The first-order valence-electron chi connectivity index (χ1n) is 6.74. The number of benzene rings is 2. The fraction of sp³-hybridized carbons (Fsp3) is 0.188. The normalized spacial score (nSPS) is 17.3. The molecule has 2 aromatic carbocycles. The Labute approximate surface area is 126 Å². The van der Waals surface area contributed by atoms with Crippen LogP contribution in [-0.2, 0) is 14.6 Å². The van der Waals surface area contributed by atoms with Crippen molar-refractivity contribution in [2.45, 2.75) is 10.3 Å². The minimum atomic E-state index is -0.873. The van der Waals surface area contributed by atoms with Crippen LogP contribution in [-0.4, -0.2) is 18.2 Å². The SMILES string of the molecule is c1ccc(C2(Sc3nc4ccccc4o3)OCCO2)cc1. The summed E-state index contributed by atoms with van der Waals surface area (Å²) in [4.78, 5) is 4.48. The Morgan fingerprint density at radius 3 is 2.38 bits per heavy atom. The second-order valence-electron chi connectivity index (χ2n) is 4.67. The molecular formula is C16H13NO3S. The zero-order valence-electron chi connectivity index (χ0n) is 11.2. The molecule has 1 saturated heterocycles. The van der Waals surface area contributed by atoms with Gasteiger partial charge in [-0.25, -0.2) is 4.98 Å². The molecule has 0 atom stereocenters. The number of oxazole rings is 1. The minimum absolute atomic E-state index is 0.543. The molecule has 0 aliphatic carbocycles. The van der Waals surface area contributed by atoms with E-state index in [1.54, 1.807) is 0 Å². The van der Waals surface area contributed by atoms with Crippen LogP contribution in [0.4, 0.5) is 0 Å². The van der Waals surface area contributed by atoms with Gasteiger partial charge >= 0.3 is 0 Å². The molecule has 4 nitrogen and oxygen atoms in total. The highest BCUT2D eigenvalue weighted by Gasteiger charge is 2.41. The van der Waals surface area contributed by atoms with Crippen LogP contribution in [0.1, 0.15) is 5.56 Å². The van der Waals surface area contributed by atoms with E-state index >= 15 is 0 Å². The van der Waals surface area contributed by atoms with Crippen LogP contribution >= 0.6 is 11.8 Å². The first-order chi connectivity index (χ1) is 10.4. The summed E-state index contributed by atoms with van der Waals surface area (Å²) >= 11 is 1.36. The second-order valence-corrected chi connectivity index (χ2v) is 5.76. The van der Waals surface area contributed by atoms with Gasteiger partial charge in [0.25, 0.3) is 10.3 Å². The first kappa shape index (κ1) is 12.9. The molecule has 106 valence electrons. The molecule has 1 aromatic heterocycles. The topological polar surface area (TPSA) is 44.5 Å². The van der Waals surface area contributed by atoms with Crippen molar-refractivity contribution in [3.63, 3.8) is 0 Å². The van der Waals surface area contributed by atoms with Gasteiger partial charge in [-0.2, -0.15) is 0 Å². The number of aromatic nitrogens is 1. The number of para-hydroxylation sites is 2. The highest BCUT2D eigenvalue weighted by atomic mass is 32.2. The van der Waals surface area contributed by atoms with Gasteiger partial charge in [-0.15, -0.1) is 0 Å². The van der Waals surface area contributed by atoms with Crippen molar-refractivity contribution in [3.05, 3.63) is 60.2 Å². The molecule has 0 bridgehead atoms. The molecular weight excluding hydrogens is 286 g/mol. The lowest BCUT2D eigenvalue weighted by molar-refractivity contribution is -0.0822. The molecule has 4 rings (SSSR count). The number of rotatable bonds is 3. The van der Waals surface area contributed by atoms with Crippen LogP contribution in [0, 0.1) is 0 Å². The molecule has 3 aromatic rings. The number of hydrogen-bond acceptors (Lipinski definition) is 5. The van der Waals surface area contributed by atoms with E-state index in [0.717, 1.165) is 16.7 Å². The monoisotopic (exact) mass is 299 g/mol. The van der Waals surface area contributed by atoms with Crippen LogP contribution in [0.25, 0.3) is 11.1 Å². The van der Waals surface area contributed by atoms with E-state index in [1.807, 2.05) is 54.6 Å². The van der Waals surface area contributed by atoms with Gasteiger partial charge in [0.05, 0.1) is 13.2 Å². The maximum Gasteiger partial charge on any atom is 0.262 e. The fourth-order valence-electron chi connectivity index (χ4n) is 2.33. The zero-order valence-corrected chi connectivity index (χ0v) is 12.0. The molecule has 0 radical (unpaired) electrons. The Balaban J connectivity index is 1.72. The zero-order chi connectivity index (χ0) is 14.1. The van der Waals surface area contributed by atoms with Crippen molar-refractivity contribution in [3.8, 4) is 0 Å². The van der Waals surface area contributed by atoms with Gasteiger partial charge in [-0.05, 0) is 12.1 Å². The highest BCUT2D eigenvalue weighted by Crippen LogP contribution is 2.46. The lowest BCUT2D eigenvalue weighted by Crippen LogP contribution is -2.22. The Morgan fingerprint density at radius 2 is 1.62 bits per heavy atom. The predicted molar refractivity (Wildman–Crippen MR) is 79.9 cm³/mol. The van der Waals surface area contributed by atoms with E-state index in [9.17, 15) is 0 Å². The third kappa shape index (κ3) is 2.33. The van der Waals surface area contributed by atoms with Gasteiger partial charge in [0.1, 0.15) is 5.52 Å². The summed E-state index contributed by atoms with van der Waals surface area (Å²) in [7, 11) is 0. The predicted octanol–water partition coefficient (Wildman–Crippen LogP) is 3.78. The van der Waals surface area contributed by atoms with Crippen molar-refractivity contribution < 1.29 is 13.9 Å². The van der Waals surface area contributed by atoms with Crippen LogP contribution < -0.4 is 0 Å². The maximum atomic E-state index is 5.87. The molecule has 0 amide bonds. The third-order valence-electron chi connectivity index (χ3n) is 3.29. The molecule has 5 heteroatoms. The van der Waals surface area contributed by atoms with Crippen molar-refractivity contribution in [2.75, 3.05) is 13.2 Å². The fourth-order valence-corrected chi connectivity index (χ4v) is 3.37. The van der Waals surface area contributed by atoms with Gasteiger partial charge in [0.2, 0.25) is 0 Å². The number of ether oxygens (including phenoxy) is 2. The van der Waals surface area contributed by atoms with Gasteiger partial charge < -0.3 is 13.9 Å². The minimum Gasteiger partial charge on any atom is -0.431 e. The Hall–Kier alpha value is -1.82. The molecule has 1 fully saturated rings. The Morgan fingerprint density at radius 1 is 0.905 bits per heavy atom. The molecule has 1 aliphatic heterocycles. The average Bonchev–Trinajstić information content (AvgIpc) is 3.15. The number of nitrogens with zero attached hydrogens (tertiary/aromatic N) is 1. The number of thioether (sulfide) groups is 1. The molecule has 1 aliphatic rings. The standard InChI is InChI=1S/C16H13NO3S/c1-2-6-12(7-3-1)16(18-10-11-19-16)21-15-17-13-8-4-5-9-14(13)20-15/h1-9H,10-11H2. The Kier molecular flexibility index (Phi) is 3.18. The summed E-state index contributed by atoms with van der Waals surface area (Å²) in [6.45, 7) is 1.12.